The molecule has 0 radical (unpaired) electrons. The van der Waals surface area contributed by atoms with Gasteiger partial charge in [-0.2, -0.15) is 0 Å². The van der Waals surface area contributed by atoms with Crippen molar-refractivity contribution < 1.29 is 8.42 Å². The minimum Gasteiger partial charge on any atom is -0.398 e. The Kier molecular flexibility index (Phi) is 4.77. The highest BCUT2D eigenvalue weighted by Gasteiger charge is 2.15. The Morgan fingerprint density at radius 3 is 2.55 bits per heavy atom. The number of nitrogens with one attached hydrogen (secondary N) is 1. The zero-order valence-electron chi connectivity index (χ0n) is 10.3. The maximum atomic E-state index is 12.2. The summed E-state index contributed by atoms with van der Waals surface area (Å²) in [6.07, 6.45) is 0. The van der Waals surface area contributed by atoms with Crippen molar-refractivity contribution in [3.8, 4) is 0 Å². The summed E-state index contributed by atoms with van der Waals surface area (Å²) in [4.78, 5) is 0. The number of halogens is 2. The van der Waals surface area contributed by atoms with Crippen LogP contribution in [0.1, 0.15) is 5.56 Å². The molecule has 0 amide bonds. The number of hydrogen-bond acceptors (Lipinski definition) is 3. The van der Waals surface area contributed by atoms with Gasteiger partial charge in [-0.3, -0.25) is 4.72 Å². The second-order valence-electron chi connectivity index (χ2n) is 4.18. The second kappa shape index (κ2) is 6.19. The highest BCUT2D eigenvalue weighted by atomic mass is 127. The van der Waals surface area contributed by atoms with E-state index in [0.717, 1.165) is 3.57 Å². The molecular formula is C13H12ClIN2O2S. The van der Waals surface area contributed by atoms with Crippen LogP contribution in [0.25, 0.3) is 0 Å². The maximum absolute atomic E-state index is 12.2. The fourth-order valence-electron chi connectivity index (χ4n) is 1.65. The summed E-state index contributed by atoms with van der Waals surface area (Å²) in [5.74, 6) is -0.168. The summed E-state index contributed by atoms with van der Waals surface area (Å²) in [6.45, 7) is 0. The third-order valence-electron chi connectivity index (χ3n) is 2.60. The van der Waals surface area contributed by atoms with E-state index in [2.05, 4.69) is 4.72 Å². The number of anilines is 2. The van der Waals surface area contributed by atoms with E-state index in [-0.39, 0.29) is 5.75 Å². The van der Waals surface area contributed by atoms with E-state index in [1.807, 2.05) is 22.6 Å². The van der Waals surface area contributed by atoms with Crippen LogP contribution in [0.2, 0.25) is 5.02 Å². The summed E-state index contributed by atoms with van der Waals surface area (Å²) in [5.41, 5.74) is 7.30. The Labute approximate surface area is 136 Å². The van der Waals surface area contributed by atoms with Crippen LogP contribution in [-0.4, -0.2) is 8.42 Å². The molecule has 2 aromatic carbocycles. The first-order chi connectivity index (χ1) is 9.37. The zero-order valence-corrected chi connectivity index (χ0v) is 14.0. The molecule has 0 fully saturated rings. The molecule has 0 aromatic heterocycles. The topological polar surface area (TPSA) is 72.2 Å². The maximum Gasteiger partial charge on any atom is 0.237 e. The molecule has 2 rings (SSSR count). The fraction of sp³-hybridized carbons (Fsp3) is 0.0769. The number of hydrogen-bond donors (Lipinski definition) is 2. The molecule has 7 heteroatoms. The Balaban J connectivity index is 2.22. The molecule has 2 aromatic rings. The molecule has 0 aliphatic carbocycles. The highest BCUT2D eigenvalue weighted by molar-refractivity contribution is 14.1. The molecule has 0 saturated carbocycles. The van der Waals surface area contributed by atoms with Crippen molar-refractivity contribution >= 4 is 55.6 Å². The highest BCUT2D eigenvalue weighted by Crippen LogP contribution is 2.24. The van der Waals surface area contributed by atoms with E-state index in [4.69, 9.17) is 17.3 Å². The first-order valence-electron chi connectivity index (χ1n) is 5.66. The van der Waals surface area contributed by atoms with Crippen LogP contribution in [0, 0.1) is 3.57 Å². The van der Waals surface area contributed by atoms with Crippen LogP contribution < -0.4 is 10.5 Å². The Morgan fingerprint density at radius 2 is 1.90 bits per heavy atom. The normalized spacial score (nSPS) is 11.3. The van der Waals surface area contributed by atoms with Crippen molar-refractivity contribution in [1.29, 1.82) is 0 Å². The van der Waals surface area contributed by atoms with Crippen molar-refractivity contribution in [2.45, 2.75) is 5.75 Å². The van der Waals surface area contributed by atoms with Crippen molar-refractivity contribution in [3.05, 3.63) is 56.6 Å². The third-order valence-corrected chi connectivity index (χ3v) is 4.95. The minimum atomic E-state index is -3.52. The van der Waals surface area contributed by atoms with Gasteiger partial charge in [0.25, 0.3) is 0 Å². The van der Waals surface area contributed by atoms with Gasteiger partial charge in [0.05, 0.1) is 11.4 Å². The van der Waals surface area contributed by atoms with E-state index >= 15 is 0 Å². The van der Waals surface area contributed by atoms with Gasteiger partial charge in [0.1, 0.15) is 0 Å². The summed E-state index contributed by atoms with van der Waals surface area (Å²) in [6, 6.07) is 11.9. The smallest absolute Gasteiger partial charge is 0.237 e. The quantitative estimate of drug-likeness (QED) is 0.585. The number of sulfonamides is 1. The molecule has 0 heterocycles. The molecule has 0 aliphatic rings. The standard InChI is InChI=1S/C13H12ClIN2O2S/c14-10-5-6-13(11(15)7-10)17-20(18,19)8-9-3-1-2-4-12(9)16/h1-7,17H,8,16H2. The van der Waals surface area contributed by atoms with Gasteiger partial charge in [-0.15, -0.1) is 0 Å². The monoisotopic (exact) mass is 422 g/mol. The predicted octanol–water partition coefficient (Wildman–Crippen LogP) is 3.47. The van der Waals surface area contributed by atoms with Crippen LogP contribution in [0.5, 0.6) is 0 Å². The molecule has 0 bridgehead atoms. The number of nitrogens with two attached hydrogens (primary N) is 1. The Bertz CT molecular complexity index is 735. The van der Waals surface area contributed by atoms with Crippen LogP contribution in [0.3, 0.4) is 0 Å². The second-order valence-corrected chi connectivity index (χ2v) is 7.51. The molecule has 0 saturated heterocycles. The Morgan fingerprint density at radius 1 is 1.20 bits per heavy atom. The SMILES string of the molecule is Nc1ccccc1CS(=O)(=O)Nc1ccc(Cl)cc1I. The lowest BCUT2D eigenvalue weighted by Gasteiger charge is -2.11. The zero-order chi connectivity index (χ0) is 14.8. The molecular weight excluding hydrogens is 411 g/mol. The van der Waals surface area contributed by atoms with Crippen molar-refractivity contribution in [2.75, 3.05) is 10.5 Å². The van der Waals surface area contributed by atoms with Crippen LogP contribution in [0.4, 0.5) is 11.4 Å². The molecule has 4 nitrogen and oxygen atoms in total. The van der Waals surface area contributed by atoms with Crippen LogP contribution in [0.15, 0.2) is 42.5 Å². The van der Waals surface area contributed by atoms with Gasteiger partial charge in [0.2, 0.25) is 10.0 Å². The average molecular weight is 423 g/mol. The number of rotatable bonds is 4. The summed E-state index contributed by atoms with van der Waals surface area (Å²) in [5, 5.41) is 0.560. The van der Waals surface area contributed by atoms with Crippen molar-refractivity contribution in [2.24, 2.45) is 0 Å². The molecule has 20 heavy (non-hydrogen) atoms. The molecule has 0 unspecified atom stereocenters. The summed E-state index contributed by atoms with van der Waals surface area (Å²) in [7, 11) is -3.52. The molecule has 0 spiro atoms. The first kappa shape index (κ1) is 15.4. The van der Waals surface area contributed by atoms with Gasteiger partial charge in [-0.25, -0.2) is 8.42 Å². The summed E-state index contributed by atoms with van der Waals surface area (Å²) < 4.78 is 27.6. The number of benzene rings is 2. The van der Waals surface area contributed by atoms with Crippen molar-refractivity contribution in [3.63, 3.8) is 0 Å². The third kappa shape index (κ3) is 4.00. The van der Waals surface area contributed by atoms with Gasteiger partial charge in [0, 0.05) is 14.3 Å². The molecule has 3 N–H and O–H groups in total. The predicted molar refractivity (Wildman–Crippen MR) is 91.3 cm³/mol. The lowest BCUT2D eigenvalue weighted by molar-refractivity contribution is 0.600. The first-order valence-corrected chi connectivity index (χ1v) is 8.77. The molecule has 106 valence electrons. The van der Waals surface area contributed by atoms with Gasteiger partial charge in [-0.1, -0.05) is 29.8 Å². The number of nitrogen functional groups attached to an aromatic ring is 1. The van der Waals surface area contributed by atoms with Gasteiger partial charge in [0.15, 0.2) is 0 Å². The van der Waals surface area contributed by atoms with Crippen molar-refractivity contribution in [1.82, 2.24) is 0 Å². The molecule has 0 atom stereocenters. The van der Waals surface area contributed by atoms with E-state index in [0.29, 0.717) is 22.0 Å². The lowest BCUT2D eigenvalue weighted by atomic mass is 10.2. The van der Waals surface area contributed by atoms with Crippen LogP contribution >= 0.6 is 34.2 Å². The largest absolute Gasteiger partial charge is 0.398 e. The lowest BCUT2D eigenvalue weighted by Crippen LogP contribution is -2.16. The van der Waals surface area contributed by atoms with E-state index < -0.39 is 10.0 Å². The van der Waals surface area contributed by atoms with E-state index in [1.54, 1.807) is 42.5 Å². The average Bonchev–Trinajstić information content (AvgIpc) is 2.35. The van der Waals surface area contributed by atoms with Gasteiger partial charge in [-0.05, 0) is 52.4 Å². The molecule has 0 aliphatic heterocycles. The Hall–Kier alpha value is -0.990. The summed E-state index contributed by atoms with van der Waals surface area (Å²) >= 11 is 7.87. The van der Waals surface area contributed by atoms with Gasteiger partial charge >= 0.3 is 0 Å². The fourth-order valence-corrected chi connectivity index (χ4v) is 4.09. The van der Waals surface area contributed by atoms with Crippen LogP contribution in [-0.2, 0) is 15.8 Å². The van der Waals surface area contributed by atoms with E-state index in [9.17, 15) is 8.42 Å². The van der Waals surface area contributed by atoms with E-state index in [1.165, 1.54) is 0 Å². The number of para-hydroxylation sites is 1. The minimum absolute atomic E-state index is 0.168. The van der Waals surface area contributed by atoms with Gasteiger partial charge < -0.3 is 5.73 Å².